The Morgan fingerprint density at radius 3 is 1.84 bits per heavy atom. The smallest absolute Gasteiger partial charge is 0.144 e. The van der Waals surface area contributed by atoms with Crippen molar-refractivity contribution in [2.45, 2.75) is 86.5 Å². The van der Waals surface area contributed by atoms with Crippen LogP contribution in [0.15, 0.2) is 109 Å². The molecular formula is C53H62N4S. The zero-order chi connectivity index (χ0) is 41.5. The summed E-state index contributed by atoms with van der Waals surface area (Å²) in [7, 11) is 8.55. The number of unbranched alkanes of at least 4 members (excludes halogenated alkanes) is 2. The molecule has 2 aromatic heterocycles. The van der Waals surface area contributed by atoms with E-state index in [4.69, 9.17) is 4.98 Å². The minimum Gasteiger partial charge on any atom is -0.376 e. The van der Waals surface area contributed by atoms with Gasteiger partial charge in [-0.1, -0.05) is 115 Å². The minimum atomic E-state index is 0.0518. The van der Waals surface area contributed by atoms with Crippen LogP contribution in [0.5, 0.6) is 0 Å². The fourth-order valence-electron chi connectivity index (χ4n) is 8.97. The van der Waals surface area contributed by atoms with Crippen molar-refractivity contribution in [2.75, 3.05) is 38.0 Å². The Bertz CT molecular complexity index is 2510. The van der Waals surface area contributed by atoms with Crippen LogP contribution in [0.3, 0.4) is 0 Å². The van der Waals surface area contributed by atoms with Crippen molar-refractivity contribution in [1.29, 1.82) is 0 Å². The van der Waals surface area contributed by atoms with E-state index in [1.165, 1.54) is 89.9 Å². The average molecular weight is 787 g/mol. The molecule has 0 radical (unpaired) electrons. The summed E-state index contributed by atoms with van der Waals surface area (Å²) in [5, 5.41) is 1.32. The van der Waals surface area contributed by atoms with Crippen LogP contribution >= 0.6 is 11.3 Å². The number of fused-ring (bicyclic) bond motifs is 1. The number of hydrogen-bond acceptors (Lipinski definition) is 4. The maximum absolute atomic E-state index is 5.18. The molecule has 1 atom stereocenters. The third-order valence-corrected chi connectivity index (χ3v) is 13.6. The number of benzene rings is 5. The molecule has 5 heteroatoms. The quantitative estimate of drug-likeness (QED) is 0.138. The molecule has 0 saturated heterocycles. The Labute approximate surface area is 352 Å². The first kappa shape index (κ1) is 41.0. The second-order valence-corrected chi connectivity index (χ2v) is 19.0. The van der Waals surface area contributed by atoms with E-state index in [0.29, 0.717) is 0 Å². The van der Waals surface area contributed by atoms with Crippen LogP contribution in [0.4, 0.5) is 11.4 Å². The van der Waals surface area contributed by atoms with E-state index < -0.39 is 0 Å². The Balaban J connectivity index is 0.000000966. The fraction of sp³-hybridized carbons (Fsp3) is 0.340. The number of nitrogens with zero attached hydrogens (tertiary/aromatic N) is 4. The molecule has 0 bridgehead atoms. The molecule has 8 rings (SSSR count). The van der Waals surface area contributed by atoms with Gasteiger partial charge in [-0.3, -0.25) is 4.57 Å². The molecule has 0 aliphatic heterocycles. The summed E-state index contributed by atoms with van der Waals surface area (Å²) in [4.78, 5) is 11.0. The lowest BCUT2D eigenvalue weighted by Gasteiger charge is -2.28. The molecule has 58 heavy (non-hydrogen) atoms. The number of rotatable bonds is 10. The van der Waals surface area contributed by atoms with Gasteiger partial charge < -0.3 is 9.80 Å². The van der Waals surface area contributed by atoms with Crippen LogP contribution in [-0.4, -0.2) is 37.7 Å². The summed E-state index contributed by atoms with van der Waals surface area (Å²) in [6, 6.07) is 36.4. The summed E-state index contributed by atoms with van der Waals surface area (Å²) < 4.78 is 3.67. The number of imidazole rings is 1. The van der Waals surface area contributed by atoms with E-state index in [-0.39, 0.29) is 10.8 Å². The molecule has 1 aliphatic rings. The molecule has 0 spiro atoms. The van der Waals surface area contributed by atoms with Gasteiger partial charge in [-0.25, -0.2) is 4.98 Å². The predicted octanol–water partition coefficient (Wildman–Crippen LogP) is 14.7. The van der Waals surface area contributed by atoms with Gasteiger partial charge >= 0.3 is 0 Å². The van der Waals surface area contributed by atoms with Gasteiger partial charge in [-0.05, 0) is 130 Å². The molecule has 1 fully saturated rings. The first-order chi connectivity index (χ1) is 27.7. The SMILES string of the molecule is CCCCC.Cc1cc2cc(-c3cc(C)c(-c4ccc(C5(C)CC5(C)C)c(-c5nccn5-c5c(N(C)C)cc(-c6ccccc6)cc5N(C)C)c4)c(C)c3)ccc2s1. The topological polar surface area (TPSA) is 24.3 Å². The Morgan fingerprint density at radius 1 is 0.672 bits per heavy atom. The summed E-state index contributed by atoms with van der Waals surface area (Å²) in [5.41, 5.74) is 16.2. The molecule has 1 aliphatic carbocycles. The largest absolute Gasteiger partial charge is 0.376 e. The van der Waals surface area contributed by atoms with Gasteiger partial charge in [-0.2, -0.15) is 0 Å². The highest BCUT2D eigenvalue weighted by atomic mass is 32.1. The molecule has 2 heterocycles. The molecule has 1 unspecified atom stereocenters. The molecule has 300 valence electrons. The predicted molar refractivity (Wildman–Crippen MR) is 255 cm³/mol. The monoisotopic (exact) mass is 786 g/mol. The highest BCUT2D eigenvalue weighted by molar-refractivity contribution is 7.19. The van der Waals surface area contributed by atoms with Crippen molar-refractivity contribution in [3.8, 4) is 50.5 Å². The Kier molecular flexibility index (Phi) is 11.5. The van der Waals surface area contributed by atoms with Gasteiger partial charge in [0.25, 0.3) is 0 Å². The fourth-order valence-corrected chi connectivity index (χ4v) is 9.88. The molecule has 7 aromatic rings. The zero-order valence-electron chi connectivity index (χ0n) is 36.9. The van der Waals surface area contributed by atoms with E-state index in [1.54, 1.807) is 0 Å². The van der Waals surface area contributed by atoms with Crippen molar-refractivity contribution in [3.05, 3.63) is 131 Å². The van der Waals surface area contributed by atoms with Crippen LogP contribution in [0.25, 0.3) is 60.5 Å². The third-order valence-electron chi connectivity index (χ3n) is 12.5. The van der Waals surface area contributed by atoms with E-state index in [1.807, 2.05) is 17.5 Å². The lowest BCUT2D eigenvalue weighted by Crippen LogP contribution is -2.19. The first-order valence-electron chi connectivity index (χ1n) is 21.1. The maximum atomic E-state index is 5.18. The average Bonchev–Trinajstić information content (AvgIpc) is 3.54. The summed E-state index contributed by atoms with van der Waals surface area (Å²) in [6.07, 6.45) is 9.33. The number of aromatic nitrogens is 2. The Hall–Kier alpha value is -5.13. The molecule has 1 saturated carbocycles. The normalized spacial score (nSPS) is 15.6. The number of anilines is 2. The van der Waals surface area contributed by atoms with Gasteiger partial charge in [0, 0.05) is 55.7 Å². The molecule has 5 aromatic carbocycles. The van der Waals surface area contributed by atoms with Crippen molar-refractivity contribution < 1.29 is 0 Å². The second-order valence-electron chi connectivity index (χ2n) is 17.7. The zero-order valence-corrected chi connectivity index (χ0v) is 37.7. The van der Waals surface area contributed by atoms with E-state index >= 15 is 0 Å². The summed E-state index contributed by atoms with van der Waals surface area (Å²) in [5.74, 6) is 0.968. The van der Waals surface area contributed by atoms with Gasteiger partial charge in [-0.15, -0.1) is 11.3 Å². The van der Waals surface area contributed by atoms with Crippen LogP contribution in [0, 0.1) is 26.2 Å². The standard InChI is InChI=1S/C48H50N4S.C5H12/c1-30-22-36(34-17-19-43-38(25-34)24-32(3)53-43)23-31(2)44(30)35-16-18-40(48(6)29-47(48,4)5)39(26-35)46-49-20-21-52(46)45-41(50(7)8)27-37(28-42(45)51(9)10)33-14-12-11-13-15-33;1-3-5-4-2/h11-28H,29H2,1-10H3;3-5H2,1-2H3. The lowest BCUT2D eigenvalue weighted by molar-refractivity contribution is 0.529. The van der Waals surface area contributed by atoms with Gasteiger partial charge in [0.05, 0.1) is 17.1 Å². The van der Waals surface area contributed by atoms with Crippen LogP contribution < -0.4 is 9.80 Å². The van der Waals surface area contributed by atoms with Gasteiger partial charge in [0.15, 0.2) is 0 Å². The Morgan fingerprint density at radius 2 is 1.28 bits per heavy atom. The highest BCUT2D eigenvalue weighted by Crippen LogP contribution is 2.65. The van der Waals surface area contributed by atoms with Crippen molar-refractivity contribution in [1.82, 2.24) is 9.55 Å². The van der Waals surface area contributed by atoms with Crippen molar-refractivity contribution in [3.63, 3.8) is 0 Å². The second kappa shape index (κ2) is 16.3. The summed E-state index contributed by atoms with van der Waals surface area (Å²) in [6.45, 7) is 18.4. The molecule has 4 nitrogen and oxygen atoms in total. The number of thiophene rings is 1. The van der Waals surface area contributed by atoms with Gasteiger partial charge in [0.2, 0.25) is 0 Å². The van der Waals surface area contributed by atoms with Crippen molar-refractivity contribution >= 4 is 32.8 Å². The van der Waals surface area contributed by atoms with Crippen molar-refractivity contribution in [2.24, 2.45) is 5.41 Å². The minimum absolute atomic E-state index is 0.0518. The van der Waals surface area contributed by atoms with Crippen LogP contribution in [-0.2, 0) is 5.41 Å². The number of aryl methyl sites for hydroxylation is 3. The summed E-state index contributed by atoms with van der Waals surface area (Å²) >= 11 is 1.86. The number of hydrogen-bond donors (Lipinski definition) is 0. The molecule has 0 N–H and O–H groups in total. The van der Waals surface area contributed by atoms with E-state index in [0.717, 1.165) is 29.3 Å². The van der Waals surface area contributed by atoms with Crippen LogP contribution in [0.2, 0.25) is 0 Å². The first-order valence-corrected chi connectivity index (χ1v) is 21.9. The molecule has 0 amide bonds. The van der Waals surface area contributed by atoms with E-state index in [2.05, 4.69) is 201 Å². The van der Waals surface area contributed by atoms with Crippen LogP contribution in [0.1, 0.15) is 81.9 Å². The third kappa shape index (κ3) is 7.74. The maximum Gasteiger partial charge on any atom is 0.144 e. The molecular weight excluding hydrogens is 725 g/mol. The lowest BCUT2D eigenvalue weighted by atomic mass is 9.83. The highest BCUT2D eigenvalue weighted by Gasteiger charge is 2.59. The van der Waals surface area contributed by atoms with Gasteiger partial charge in [0.1, 0.15) is 5.82 Å². The van der Waals surface area contributed by atoms with E-state index in [9.17, 15) is 0 Å².